The third kappa shape index (κ3) is 3.93. The summed E-state index contributed by atoms with van der Waals surface area (Å²) in [6, 6.07) is 20.8. The number of piperidine rings is 1. The molecule has 1 saturated heterocycles. The minimum atomic E-state index is 0.151. The molecule has 5 nitrogen and oxygen atoms in total. The largest absolute Gasteiger partial charge is 0.497 e. The number of hydrogen-bond acceptors (Lipinski definition) is 4. The zero-order valence-electron chi connectivity index (χ0n) is 19.1. The van der Waals surface area contributed by atoms with Crippen molar-refractivity contribution in [2.24, 2.45) is 5.92 Å². The Balaban J connectivity index is 1.37. The number of pyridine rings is 1. The maximum atomic E-state index is 13.4. The van der Waals surface area contributed by atoms with E-state index in [-0.39, 0.29) is 5.56 Å². The van der Waals surface area contributed by atoms with Gasteiger partial charge in [0.15, 0.2) is 0 Å². The van der Waals surface area contributed by atoms with Crippen molar-refractivity contribution in [1.82, 2.24) is 9.47 Å². The van der Waals surface area contributed by atoms with E-state index in [2.05, 4.69) is 56.8 Å². The summed E-state index contributed by atoms with van der Waals surface area (Å²) in [5.41, 5.74) is 5.58. The molecule has 2 bridgehead atoms. The Morgan fingerprint density at radius 3 is 2.38 bits per heavy atom. The summed E-state index contributed by atoms with van der Waals surface area (Å²) >= 11 is 0. The normalized spacial score (nSPS) is 20.0. The van der Waals surface area contributed by atoms with Crippen molar-refractivity contribution >= 4 is 5.69 Å². The van der Waals surface area contributed by atoms with Crippen LogP contribution in [0.4, 0.5) is 5.69 Å². The lowest BCUT2D eigenvalue weighted by Gasteiger charge is -2.43. The smallest absolute Gasteiger partial charge is 0.258 e. The van der Waals surface area contributed by atoms with Crippen LogP contribution in [0.5, 0.6) is 5.75 Å². The molecule has 2 atom stereocenters. The summed E-state index contributed by atoms with van der Waals surface area (Å²) in [6.07, 6.45) is 1.18. The van der Waals surface area contributed by atoms with Crippen molar-refractivity contribution in [1.29, 1.82) is 0 Å². The van der Waals surface area contributed by atoms with Gasteiger partial charge in [0.05, 0.1) is 7.11 Å². The SMILES string of the molecule is COc1ccc(CN2C[C@@H]3C[C@H](C2)c2ccc(-c4ccc(N(C)C)cc4)c(=O)n2C3)cc1. The predicted octanol–water partition coefficient (Wildman–Crippen LogP) is 4.21. The monoisotopic (exact) mass is 429 g/mol. The molecule has 0 aliphatic carbocycles. The highest BCUT2D eigenvalue weighted by atomic mass is 16.5. The van der Waals surface area contributed by atoms with Crippen LogP contribution in [0.1, 0.15) is 23.6 Å². The molecule has 1 aromatic heterocycles. The van der Waals surface area contributed by atoms with Crippen LogP contribution in [0, 0.1) is 5.92 Å². The lowest BCUT2D eigenvalue weighted by molar-refractivity contribution is 0.114. The highest BCUT2D eigenvalue weighted by molar-refractivity contribution is 5.65. The van der Waals surface area contributed by atoms with E-state index in [0.29, 0.717) is 11.8 Å². The first-order chi connectivity index (χ1) is 15.5. The number of nitrogens with zero attached hydrogens (tertiary/aromatic N) is 3. The van der Waals surface area contributed by atoms with Crippen LogP contribution in [0.2, 0.25) is 0 Å². The summed E-state index contributed by atoms with van der Waals surface area (Å²) in [6.45, 7) is 3.79. The van der Waals surface area contributed by atoms with Crippen LogP contribution < -0.4 is 15.2 Å². The second-order valence-electron chi connectivity index (χ2n) is 9.37. The highest BCUT2D eigenvalue weighted by Gasteiger charge is 2.35. The van der Waals surface area contributed by atoms with Gasteiger partial charge < -0.3 is 14.2 Å². The van der Waals surface area contributed by atoms with Gasteiger partial charge in [-0.3, -0.25) is 9.69 Å². The Labute approximate surface area is 189 Å². The van der Waals surface area contributed by atoms with Crippen molar-refractivity contribution in [2.45, 2.75) is 25.4 Å². The molecule has 2 aliphatic heterocycles. The van der Waals surface area contributed by atoms with E-state index in [0.717, 1.165) is 48.7 Å². The van der Waals surface area contributed by atoms with E-state index in [9.17, 15) is 4.79 Å². The van der Waals surface area contributed by atoms with Gasteiger partial charge in [0.25, 0.3) is 5.56 Å². The molecule has 2 aliphatic rings. The van der Waals surface area contributed by atoms with E-state index >= 15 is 0 Å². The number of likely N-dealkylation sites (tertiary alicyclic amines) is 1. The molecule has 166 valence electrons. The summed E-state index contributed by atoms with van der Waals surface area (Å²) in [7, 11) is 5.75. The van der Waals surface area contributed by atoms with Gasteiger partial charge in [0, 0.05) is 63.1 Å². The lowest BCUT2D eigenvalue weighted by Crippen LogP contribution is -2.46. The number of hydrogen-bond donors (Lipinski definition) is 0. The standard InChI is InChI=1S/C27H31N3O2/c1-28(2)23-8-6-21(7-9-23)25-12-13-26-22-14-20(17-30(26)27(25)31)16-29(18-22)15-19-4-10-24(32-3)11-5-19/h4-13,20,22H,14-18H2,1-3H3/t20-,22+/m0/s1. The maximum absolute atomic E-state index is 13.4. The van der Waals surface area contributed by atoms with Crippen LogP contribution >= 0.6 is 0 Å². The molecule has 2 aromatic carbocycles. The van der Waals surface area contributed by atoms with Crippen molar-refractivity contribution in [3.8, 4) is 16.9 Å². The second kappa shape index (κ2) is 8.47. The molecule has 0 amide bonds. The molecule has 0 N–H and O–H groups in total. The van der Waals surface area contributed by atoms with Crippen molar-refractivity contribution in [3.05, 3.63) is 82.3 Å². The van der Waals surface area contributed by atoms with E-state index in [4.69, 9.17) is 4.74 Å². The predicted molar refractivity (Wildman–Crippen MR) is 130 cm³/mol. The van der Waals surface area contributed by atoms with Crippen molar-refractivity contribution in [3.63, 3.8) is 0 Å². The van der Waals surface area contributed by atoms with Gasteiger partial charge in [-0.1, -0.05) is 24.3 Å². The molecule has 0 saturated carbocycles. The minimum Gasteiger partial charge on any atom is -0.497 e. The van der Waals surface area contributed by atoms with E-state index in [1.165, 1.54) is 17.7 Å². The fraction of sp³-hybridized carbons (Fsp3) is 0.370. The number of fused-ring (bicyclic) bond motifs is 4. The Morgan fingerprint density at radius 2 is 1.69 bits per heavy atom. The molecule has 32 heavy (non-hydrogen) atoms. The first-order valence-corrected chi connectivity index (χ1v) is 11.4. The average Bonchev–Trinajstić information content (AvgIpc) is 2.80. The summed E-state index contributed by atoms with van der Waals surface area (Å²) in [5.74, 6) is 1.83. The molecule has 0 spiro atoms. The van der Waals surface area contributed by atoms with Crippen molar-refractivity contribution in [2.75, 3.05) is 39.2 Å². The van der Waals surface area contributed by atoms with Gasteiger partial charge in [-0.05, 0) is 59.9 Å². The van der Waals surface area contributed by atoms with E-state index < -0.39 is 0 Å². The average molecular weight is 430 g/mol. The highest BCUT2D eigenvalue weighted by Crippen LogP contribution is 2.36. The third-order valence-corrected chi connectivity index (χ3v) is 6.94. The number of methoxy groups -OCH3 is 1. The minimum absolute atomic E-state index is 0.151. The Morgan fingerprint density at radius 1 is 0.938 bits per heavy atom. The Hall–Kier alpha value is -3.05. The first-order valence-electron chi connectivity index (χ1n) is 11.4. The van der Waals surface area contributed by atoms with E-state index in [1.54, 1.807) is 7.11 Å². The van der Waals surface area contributed by atoms with Gasteiger partial charge in [-0.2, -0.15) is 0 Å². The summed E-state index contributed by atoms with van der Waals surface area (Å²) in [4.78, 5) is 18.0. The summed E-state index contributed by atoms with van der Waals surface area (Å²) < 4.78 is 7.33. The maximum Gasteiger partial charge on any atom is 0.258 e. The number of benzene rings is 2. The van der Waals surface area contributed by atoms with Crippen LogP contribution in [-0.2, 0) is 13.1 Å². The van der Waals surface area contributed by atoms with Gasteiger partial charge >= 0.3 is 0 Å². The van der Waals surface area contributed by atoms with Gasteiger partial charge in [-0.25, -0.2) is 0 Å². The molecule has 3 heterocycles. The second-order valence-corrected chi connectivity index (χ2v) is 9.37. The first kappa shape index (κ1) is 20.8. The van der Waals surface area contributed by atoms with Crippen molar-refractivity contribution < 1.29 is 4.74 Å². The third-order valence-electron chi connectivity index (χ3n) is 6.94. The zero-order chi connectivity index (χ0) is 22.2. The summed E-state index contributed by atoms with van der Waals surface area (Å²) in [5, 5.41) is 0. The van der Waals surface area contributed by atoms with Gasteiger partial charge in [-0.15, -0.1) is 0 Å². The fourth-order valence-corrected chi connectivity index (χ4v) is 5.32. The zero-order valence-corrected chi connectivity index (χ0v) is 19.1. The lowest BCUT2D eigenvalue weighted by atomic mass is 9.82. The van der Waals surface area contributed by atoms with E-state index in [1.807, 2.05) is 32.3 Å². The van der Waals surface area contributed by atoms with Crippen LogP contribution in [0.15, 0.2) is 65.5 Å². The topological polar surface area (TPSA) is 37.7 Å². The molecule has 1 fully saturated rings. The molecular formula is C27H31N3O2. The number of ether oxygens (including phenoxy) is 1. The fourth-order valence-electron chi connectivity index (χ4n) is 5.32. The molecule has 0 radical (unpaired) electrons. The molecule has 3 aromatic rings. The Kier molecular flexibility index (Phi) is 5.51. The molecule has 5 heteroatoms. The van der Waals surface area contributed by atoms with Crippen LogP contribution in [-0.4, -0.2) is 43.8 Å². The molecular weight excluding hydrogens is 398 g/mol. The molecule has 0 unspecified atom stereocenters. The Bertz CT molecular complexity index is 1150. The number of aromatic nitrogens is 1. The van der Waals surface area contributed by atoms with Gasteiger partial charge in [0.2, 0.25) is 0 Å². The van der Waals surface area contributed by atoms with Gasteiger partial charge in [0.1, 0.15) is 5.75 Å². The van der Waals surface area contributed by atoms with Crippen LogP contribution in [0.25, 0.3) is 11.1 Å². The number of anilines is 1. The number of rotatable bonds is 5. The molecule has 5 rings (SSSR count). The quantitative estimate of drug-likeness (QED) is 0.609. The van der Waals surface area contributed by atoms with Crippen LogP contribution in [0.3, 0.4) is 0 Å².